The summed E-state index contributed by atoms with van der Waals surface area (Å²) in [6, 6.07) is 0. The van der Waals surface area contributed by atoms with Crippen LogP contribution in [-0.2, 0) is 13.0 Å². The molecule has 2 aliphatic rings. The lowest BCUT2D eigenvalue weighted by Gasteiger charge is -2.17. The van der Waals surface area contributed by atoms with Crippen LogP contribution in [0.15, 0.2) is 10.7 Å². The summed E-state index contributed by atoms with van der Waals surface area (Å²) in [6.45, 7) is 1.94. The van der Waals surface area contributed by atoms with Crippen LogP contribution in [-0.4, -0.2) is 21.1 Å². The molecule has 0 unspecified atom stereocenters. The van der Waals surface area contributed by atoms with Crippen LogP contribution in [0.5, 0.6) is 0 Å². The van der Waals surface area contributed by atoms with E-state index < -0.39 is 0 Å². The van der Waals surface area contributed by atoms with Crippen LogP contribution < -0.4 is 5.32 Å². The number of fused-ring (bicyclic) bond motifs is 3. The molecule has 2 aromatic rings. The van der Waals surface area contributed by atoms with E-state index in [9.17, 15) is 0 Å². The van der Waals surface area contributed by atoms with E-state index in [1.54, 1.807) is 0 Å². The first-order valence-corrected chi connectivity index (χ1v) is 7.89. The minimum Gasteiger partial charge on any atom is -0.312 e. The SMILES string of the molecule is Brc1c(C2CCCC2)nn2c3c(cnc12)CNCC3. The molecule has 0 amide bonds. The monoisotopic (exact) mass is 320 g/mol. The van der Waals surface area contributed by atoms with Crippen LogP contribution in [0.2, 0.25) is 0 Å². The molecule has 0 radical (unpaired) electrons. The van der Waals surface area contributed by atoms with Crippen LogP contribution in [0.3, 0.4) is 0 Å². The summed E-state index contributed by atoms with van der Waals surface area (Å²) in [7, 11) is 0. The molecule has 1 aliphatic heterocycles. The maximum Gasteiger partial charge on any atom is 0.169 e. The van der Waals surface area contributed by atoms with E-state index in [4.69, 9.17) is 5.10 Å². The fraction of sp³-hybridized carbons (Fsp3) is 0.571. The maximum absolute atomic E-state index is 4.89. The molecule has 4 rings (SSSR count). The van der Waals surface area contributed by atoms with Crippen LogP contribution in [0.4, 0.5) is 0 Å². The molecule has 19 heavy (non-hydrogen) atoms. The highest BCUT2D eigenvalue weighted by molar-refractivity contribution is 9.10. The van der Waals surface area contributed by atoms with Crippen molar-refractivity contribution in [1.29, 1.82) is 0 Å². The molecule has 1 fully saturated rings. The smallest absolute Gasteiger partial charge is 0.169 e. The molecular weight excluding hydrogens is 304 g/mol. The molecular formula is C14H17BrN4. The van der Waals surface area contributed by atoms with Gasteiger partial charge in [-0.15, -0.1) is 0 Å². The molecule has 0 spiro atoms. The van der Waals surface area contributed by atoms with Crippen LogP contribution in [0.25, 0.3) is 5.65 Å². The third-order valence-corrected chi connectivity index (χ3v) is 5.16. The van der Waals surface area contributed by atoms with Crippen LogP contribution in [0.1, 0.15) is 48.6 Å². The highest BCUT2D eigenvalue weighted by Gasteiger charge is 2.25. The highest BCUT2D eigenvalue weighted by atomic mass is 79.9. The van der Waals surface area contributed by atoms with E-state index >= 15 is 0 Å². The summed E-state index contributed by atoms with van der Waals surface area (Å²) in [5.74, 6) is 0.619. The van der Waals surface area contributed by atoms with Gasteiger partial charge >= 0.3 is 0 Å². The molecule has 2 aromatic heterocycles. The van der Waals surface area contributed by atoms with E-state index in [1.807, 2.05) is 6.20 Å². The first kappa shape index (κ1) is 11.9. The Kier molecular flexibility index (Phi) is 2.84. The summed E-state index contributed by atoms with van der Waals surface area (Å²) in [6.07, 6.45) is 8.24. The summed E-state index contributed by atoms with van der Waals surface area (Å²) < 4.78 is 3.19. The molecule has 1 aliphatic carbocycles. The minimum atomic E-state index is 0.619. The van der Waals surface area contributed by atoms with Gasteiger partial charge in [0.15, 0.2) is 5.65 Å². The topological polar surface area (TPSA) is 42.2 Å². The predicted octanol–water partition coefficient (Wildman–Crippen LogP) is 2.80. The number of rotatable bonds is 1. The van der Waals surface area contributed by atoms with Crippen molar-refractivity contribution in [1.82, 2.24) is 19.9 Å². The Bertz CT molecular complexity index is 628. The van der Waals surface area contributed by atoms with Crippen molar-refractivity contribution in [3.05, 3.63) is 27.6 Å². The minimum absolute atomic E-state index is 0.619. The number of halogens is 1. The van der Waals surface area contributed by atoms with Gasteiger partial charge in [0.05, 0.1) is 15.9 Å². The lowest BCUT2D eigenvalue weighted by Crippen LogP contribution is -2.26. The average molecular weight is 321 g/mol. The normalized spacial score (nSPS) is 20.1. The quantitative estimate of drug-likeness (QED) is 0.878. The fourth-order valence-electron chi connectivity index (χ4n) is 3.36. The van der Waals surface area contributed by atoms with Crippen molar-refractivity contribution < 1.29 is 0 Å². The average Bonchev–Trinajstić information content (AvgIpc) is 3.07. The zero-order valence-corrected chi connectivity index (χ0v) is 12.4. The van der Waals surface area contributed by atoms with Crippen LogP contribution >= 0.6 is 15.9 Å². The first-order chi connectivity index (χ1) is 9.34. The molecule has 100 valence electrons. The molecule has 5 heteroatoms. The second-order valence-corrected chi connectivity index (χ2v) is 6.37. The van der Waals surface area contributed by atoms with Gasteiger partial charge in [-0.05, 0) is 28.8 Å². The van der Waals surface area contributed by atoms with Gasteiger partial charge in [0.1, 0.15) is 0 Å². The van der Waals surface area contributed by atoms with Gasteiger partial charge in [0, 0.05) is 37.2 Å². The van der Waals surface area contributed by atoms with Crippen molar-refractivity contribution in [2.45, 2.75) is 44.6 Å². The van der Waals surface area contributed by atoms with E-state index in [2.05, 4.69) is 30.7 Å². The van der Waals surface area contributed by atoms with Gasteiger partial charge in [-0.25, -0.2) is 9.50 Å². The largest absolute Gasteiger partial charge is 0.312 e. The van der Waals surface area contributed by atoms with Crippen molar-refractivity contribution >= 4 is 21.6 Å². The second kappa shape index (κ2) is 4.56. The van der Waals surface area contributed by atoms with E-state index in [-0.39, 0.29) is 0 Å². The summed E-state index contributed by atoms with van der Waals surface area (Å²) in [4.78, 5) is 4.60. The Balaban J connectivity index is 1.90. The highest BCUT2D eigenvalue weighted by Crippen LogP contribution is 2.38. The lowest BCUT2D eigenvalue weighted by molar-refractivity contribution is 0.603. The number of aromatic nitrogens is 3. The van der Waals surface area contributed by atoms with E-state index in [0.29, 0.717) is 5.92 Å². The van der Waals surface area contributed by atoms with E-state index in [1.165, 1.54) is 42.6 Å². The standard InChI is InChI=1S/C14H17BrN4/c15-12-13(9-3-1-2-4-9)18-19-11-5-6-16-7-10(11)8-17-14(12)19/h8-9,16H,1-7H2. The lowest BCUT2D eigenvalue weighted by atomic mass is 10.0. The Labute approximate surface area is 120 Å². The molecule has 1 N–H and O–H groups in total. The number of nitrogens with zero attached hydrogens (tertiary/aromatic N) is 3. The van der Waals surface area contributed by atoms with E-state index in [0.717, 1.165) is 29.6 Å². The summed E-state index contributed by atoms with van der Waals surface area (Å²) >= 11 is 3.73. The molecule has 4 nitrogen and oxygen atoms in total. The van der Waals surface area contributed by atoms with Crippen molar-refractivity contribution in [2.75, 3.05) is 6.54 Å². The van der Waals surface area contributed by atoms with Crippen molar-refractivity contribution in [2.24, 2.45) is 0 Å². The van der Waals surface area contributed by atoms with Gasteiger partial charge in [-0.2, -0.15) is 5.10 Å². The zero-order valence-electron chi connectivity index (χ0n) is 10.8. The Morgan fingerprint density at radius 2 is 2.16 bits per heavy atom. The maximum atomic E-state index is 4.89. The number of hydrogen-bond acceptors (Lipinski definition) is 3. The Morgan fingerprint density at radius 3 is 3.00 bits per heavy atom. The van der Waals surface area contributed by atoms with Crippen molar-refractivity contribution in [3.8, 4) is 0 Å². The third kappa shape index (κ3) is 1.82. The number of hydrogen-bond donors (Lipinski definition) is 1. The van der Waals surface area contributed by atoms with Crippen LogP contribution in [0, 0.1) is 0 Å². The van der Waals surface area contributed by atoms with Crippen molar-refractivity contribution in [3.63, 3.8) is 0 Å². The second-order valence-electron chi connectivity index (χ2n) is 5.57. The fourth-order valence-corrected chi connectivity index (χ4v) is 4.03. The van der Waals surface area contributed by atoms with Gasteiger partial charge in [-0.3, -0.25) is 0 Å². The molecule has 0 bridgehead atoms. The molecule has 0 aromatic carbocycles. The summed E-state index contributed by atoms with van der Waals surface area (Å²) in [5, 5.41) is 8.28. The molecule has 3 heterocycles. The zero-order chi connectivity index (χ0) is 12.8. The van der Waals surface area contributed by atoms with Gasteiger partial charge < -0.3 is 5.32 Å². The first-order valence-electron chi connectivity index (χ1n) is 7.10. The molecule has 0 atom stereocenters. The summed E-state index contributed by atoms with van der Waals surface area (Å²) in [5.41, 5.74) is 4.82. The van der Waals surface area contributed by atoms with Gasteiger partial charge in [0.25, 0.3) is 0 Å². The van der Waals surface area contributed by atoms with Gasteiger partial charge in [-0.1, -0.05) is 12.8 Å². The third-order valence-electron chi connectivity index (χ3n) is 4.39. The molecule has 0 saturated heterocycles. The molecule has 1 saturated carbocycles. The Morgan fingerprint density at radius 1 is 1.32 bits per heavy atom. The Hall–Kier alpha value is -0.940. The van der Waals surface area contributed by atoms with Gasteiger partial charge in [0.2, 0.25) is 0 Å². The predicted molar refractivity (Wildman–Crippen MR) is 77.3 cm³/mol. The number of nitrogens with one attached hydrogen (secondary N) is 1.